The number of ether oxygens (including phenoxy) is 1. The lowest BCUT2D eigenvalue weighted by atomic mass is 10.2. The van der Waals surface area contributed by atoms with Crippen LogP contribution in [0.25, 0.3) is 0 Å². The number of esters is 1. The van der Waals surface area contributed by atoms with E-state index in [2.05, 4.69) is 15.0 Å². The predicted octanol–water partition coefficient (Wildman–Crippen LogP) is 0.448. The van der Waals surface area contributed by atoms with Gasteiger partial charge in [-0.05, 0) is 36.0 Å². The van der Waals surface area contributed by atoms with Gasteiger partial charge in [0.15, 0.2) is 0 Å². The molecule has 1 atom stereocenters. The molecule has 0 radical (unpaired) electrons. The third kappa shape index (κ3) is 3.86. The zero-order chi connectivity index (χ0) is 21.3. The highest BCUT2D eigenvalue weighted by atomic mass is 32.2. The van der Waals surface area contributed by atoms with Crippen LogP contribution >= 0.6 is 11.8 Å². The fraction of sp³-hybridized carbons (Fsp3) is 0.333. The normalized spacial score (nSPS) is 18.6. The molecule has 1 N–H and O–H groups in total. The first kappa shape index (κ1) is 20.5. The van der Waals surface area contributed by atoms with Gasteiger partial charge in [0, 0.05) is 12.7 Å². The Hall–Kier alpha value is -3.21. The number of nitrogens with one attached hydrogen (secondary N) is 1. The molecule has 4 amide bonds. The van der Waals surface area contributed by atoms with Gasteiger partial charge in [-0.25, -0.2) is 19.1 Å². The molecule has 10 nitrogen and oxygen atoms in total. The van der Waals surface area contributed by atoms with Crippen molar-refractivity contribution in [3.05, 3.63) is 29.8 Å². The molecule has 1 unspecified atom stereocenters. The molecule has 0 spiro atoms. The smallest absolute Gasteiger partial charge is 0.388 e. The van der Waals surface area contributed by atoms with Crippen LogP contribution in [0.3, 0.4) is 0 Å². The van der Waals surface area contributed by atoms with Crippen LogP contribution < -0.4 is 5.32 Å². The van der Waals surface area contributed by atoms with E-state index in [9.17, 15) is 19.2 Å². The molecule has 1 aromatic carbocycles. The summed E-state index contributed by atoms with van der Waals surface area (Å²) in [5.41, 5.74) is 0.921. The van der Waals surface area contributed by atoms with E-state index in [1.807, 2.05) is 0 Å². The van der Waals surface area contributed by atoms with Crippen molar-refractivity contribution in [1.29, 1.82) is 0 Å². The maximum absolute atomic E-state index is 12.3. The number of fused-ring (bicyclic) bond motifs is 1. The molecular weight excluding hydrogens is 398 g/mol. The number of urea groups is 1. The van der Waals surface area contributed by atoms with Crippen LogP contribution in [0.1, 0.15) is 10.4 Å². The largest absolute Gasteiger partial charge is 0.465 e. The summed E-state index contributed by atoms with van der Waals surface area (Å²) in [5, 5.41) is 3.20. The van der Waals surface area contributed by atoms with Gasteiger partial charge >= 0.3 is 12.0 Å². The standard InChI is InChI=1S/C18H19N5O5S/c1-21-14-13(15(25)23(3)18(27)22(14)2)20-17(21)29-9-12(24)19-11-7-5-10(6-8-11)16(26)28-4/h5-8,13H,9H2,1-4H3/p+1. The van der Waals surface area contributed by atoms with Crippen LogP contribution in [-0.4, -0.2) is 89.2 Å². The van der Waals surface area contributed by atoms with E-state index in [0.717, 1.165) is 16.7 Å². The maximum atomic E-state index is 12.3. The van der Waals surface area contributed by atoms with Gasteiger partial charge in [0.25, 0.3) is 23.0 Å². The molecule has 1 aromatic rings. The minimum absolute atomic E-state index is 0.0591. The van der Waals surface area contributed by atoms with Crippen LogP contribution in [0.2, 0.25) is 0 Å². The lowest BCUT2D eigenvalue weighted by molar-refractivity contribution is -0.367. The summed E-state index contributed by atoms with van der Waals surface area (Å²) in [5.74, 6) is -0.600. The summed E-state index contributed by atoms with van der Waals surface area (Å²) >= 11 is 1.16. The van der Waals surface area contributed by atoms with Crippen LogP contribution in [-0.2, 0) is 14.3 Å². The Bertz CT molecular complexity index is 956. The Balaban J connectivity index is 1.63. The van der Waals surface area contributed by atoms with Gasteiger partial charge in [-0.2, -0.15) is 0 Å². The zero-order valence-corrected chi connectivity index (χ0v) is 17.1. The number of amidine groups is 2. The highest BCUT2D eigenvalue weighted by Gasteiger charge is 2.51. The number of amides is 4. The van der Waals surface area contributed by atoms with E-state index >= 15 is 0 Å². The van der Waals surface area contributed by atoms with E-state index in [1.54, 1.807) is 42.9 Å². The van der Waals surface area contributed by atoms with Crippen LogP contribution in [0.4, 0.5) is 10.5 Å². The van der Waals surface area contributed by atoms with Gasteiger partial charge in [0.1, 0.15) is 0 Å². The molecule has 3 rings (SSSR count). The maximum Gasteiger partial charge on any atom is 0.388 e. The van der Waals surface area contributed by atoms with E-state index in [4.69, 9.17) is 0 Å². The number of thioether (sulfide) groups is 1. The van der Waals surface area contributed by atoms with E-state index in [-0.39, 0.29) is 11.7 Å². The number of anilines is 1. The van der Waals surface area contributed by atoms with Gasteiger partial charge in [-0.15, -0.1) is 4.99 Å². The minimum atomic E-state index is -0.788. The van der Waals surface area contributed by atoms with Gasteiger partial charge in [-0.3, -0.25) is 14.5 Å². The molecule has 29 heavy (non-hydrogen) atoms. The number of aliphatic imine (C=N–C) groups is 1. The number of carbonyl (C=O) groups is 4. The second kappa shape index (κ2) is 8.03. The number of likely N-dealkylation sites (N-methyl/N-ethyl adjacent to an activating group) is 2. The SMILES string of the molecule is COC(=O)c1ccc(NC(=O)CSC2=NC3C(=O)N(C)C(=O)N(C)C3=[N+]2C)cc1. The fourth-order valence-electron chi connectivity index (χ4n) is 2.98. The second-order valence-corrected chi connectivity index (χ2v) is 7.32. The fourth-order valence-corrected chi connectivity index (χ4v) is 3.78. The van der Waals surface area contributed by atoms with Crippen molar-refractivity contribution in [2.75, 3.05) is 39.3 Å². The lowest BCUT2D eigenvalue weighted by Gasteiger charge is -2.27. The Morgan fingerprint density at radius 3 is 2.48 bits per heavy atom. The molecule has 1 fully saturated rings. The first-order valence-corrected chi connectivity index (χ1v) is 9.57. The summed E-state index contributed by atoms with van der Waals surface area (Å²) in [4.78, 5) is 54.9. The summed E-state index contributed by atoms with van der Waals surface area (Å²) in [7, 11) is 5.99. The molecule has 0 saturated carbocycles. The average Bonchev–Trinajstić information content (AvgIpc) is 3.05. The number of methoxy groups -OCH3 is 1. The second-order valence-electron chi connectivity index (χ2n) is 6.38. The number of rotatable bonds is 4. The van der Waals surface area contributed by atoms with Crippen molar-refractivity contribution in [2.45, 2.75) is 6.04 Å². The number of hydrogen-bond acceptors (Lipinski definition) is 7. The Labute approximate surface area is 171 Å². The Morgan fingerprint density at radius 1 is 1.21 bits per heavy atom. The molecule has 2 heterocycles. The monoisotopic (exact) mass is 418 g/mol. The number of hydrogen-bond donors (Lipinski definition) is 1. The van der Waals surface area contributed by atoms with E-state index in [0.29, 0.717) is 22.3 Å². The molecule has 0 bridgehead atoms. The van der Waals surface area contributed by atoms with E-state index < -0.39 is 23.9 Å². The molecule has 2 aliphatic heterocycles. The minimum Gasteiger partial charge on any atom is -0.465 e. The first-order chi connectivity index (χ1) is 13.7. The molecule has 0 aliphatic carbocycles. The van der Waals surface area contributed by atoms with Crippen molar-refractivity contribution in [2.24, 2.45) is 4.99 Å². The van der Waals surface area contributed by atoms with Crippen molar-refractivity contribution < 1.29 is 28.5 Å². The Morgan fingerprint density at radius 2 is 1.86 bits per heavy atom. The third-order valence-corrected chi connectivity index (χ3v) is 5.56. The van der Waals surface area contributed by atoms with Crippen LogP contribution in [0, 0.1) is 0 Å². The number of nitrogens with zero attached hydrogens (tertiary/aromatic N) is 4. The summed E-state index contributed by atoms with van der Waals surface area (Å²) < 4.78 is 6.28. The first-order valence-electron chi connectivity index (χ1n) is 8.59. The Kier molecular flexibility index (Phi) is 5.69. The zero-order valence-electron chi connectivity index (χ0n) is 16.3. The summed E-state index contributed by atoms with van der Waals surface area (Å²) in [6.07, 6.45) is 0. The third-order valence-electron chi connectivity index (χ3n) is 4.52. The van der Waals surface area contributed by atoms with Crippen molar-refractivity contribution >= 4 is 52.3 Å². The van der Waals surface area contributed by atoms with Gasteiger partial charge < -0.3 is 10.1 Å². The molecule has 1 saturated heterocycles. The van der Waals surface area contributed by atoms with Crippen LogP contribution in [0.15, 0.2) is 29.3 Å². The highest BCUT2D eigenvalue weighted by molar-refractivity contribution is 8.14. The summed E-state index contributed by atoms with van der Waals surface area (Å²) in [6.45, 7) is 0. The van der Waals surface area contributed by atoms with Crippen molar-refractivity contribution in [1.82, 2.24) is 9.80 Å². The van der Waals surface area contributed by atoms with Crippen LogP contribution in [0.5, 0.6) is 0 Å². The molecule has 152 valence electrons. The van der Waals surface area contributed by atoms with E-state index in [1.165, 1.54) is 19.1 Å². The summed E-state index contributed by atoms with van der Waals surface area (Å²) in [6, 6.07) is 5.10. The lowest BCUT2D eigenvalue weighted by Crippen LogP contribution is -2.59. The van der Waals surface area contributed by atoms with Gasteiger partial charge in [-0.1, -0.05) is 0 Å². The topological polar surface area (TPSA) is 111 Å². The quantitative estimate of drug-likeness (QED) is 0.561. The van der Waals surface area contributed by atoms with Crippen molar-refractivity contribution in [3.63, 3.8) is 0 Å². The molecule has 0 aromatic heterocycles. The van der Waals surface area contributed by atoms with Gasteiger partial charge in [0.05, 0.1) is 32.5 Å². The van der Waals surface area contributed by atoms with Gasteiger partial charge in [0.2, 0.25) is 5.91 Å². The van der Waals surface area contributed by atoms with Crippen molar-refractivity contribution in [3.8, 4) is 0 Å². The number of carbonyl (C=O) groups excluding carboxylic acids is 4. The number of benzene rings is 1. The number of imide groups is 1. The molecule has 11 heteroatoms. The predicted molar refractivity (Wildman–Crippen MR) is 107 cm³/mol. The highest BCUT2D eigenvalue weighted by Crippen LogP contribution is 2.22. The average molecular weight is 418 g/mol. The molecule has 2 aliphatic rings. The molecular formula is C18H20N5O5S+.